The molecule has 4 aromatic rings. The minimum Gasteiger partial charge on any atom is -0.365 e. The number of aromatic nitrogens is 2. The monoisotopic (exact) mass is 436 g/mol. The molecule has 0 spiro atoms. The highest BCUT2D eigenvalue weighted by molar-refractivity contribution is 5.90. The van der Waals surface area contributed by atoms with E-state index in [9.17, 15) is 0 Å². The zero-order valence-electron chi connectivity index (χ0n) is 19.9. The van der Waals surface area contributed by atoms with E-state index >= 15 is 0 Å². The fraction of sp³-hybridized carbons (Fsp3) is 0.310. The number of aliphatic imine (C=N–C) groups is 1. The molecular formula is C29H32N4. The van der Waals surface area contributed by atoms with Gasteiger partial charge in [0.15, 0.2) is 0 Å². The molecule has 0 radical (unpaired) electrons. The van der Waals surface area contributed by atoms with Crippen LogP contribution in [0.25, 0.3) is 33.2 Å². The van der Waals surface area contributed by atoms with E-state index < -0.39 is 0 Å². The summed E-state index contributed by atoms with van der Waals surface area (Å²) < 4.78 is 0. The first-order valence-corrected chi connectivity index (χ1v) is 12.0. The largest absolute Gasteiger partial charge is 0.365 e. The predicted molar refractivity (Wildman–Crippen MR) is 139 cm³/mol. The average molecular weight is 437 g/mol. The Hall–Kier alpha value is -3.40. The second kappa shape index (κ2) is 8.86. The molecule has 4 nitrogen and oxygen atoms in total. The van der Waals surface area contributed by atoms with Gasteiger partial charge in [0, 0.05) is 17.4 Å². The van der Waals surface area contributed by atoms with Gasteiger partial charge in [-0.25, -0.2) is 4.98 Å². The van der Waals surface area contributed by atoms with Gasteiger partial charge in [-0.1, -0.05) is 76.2 Å². The second-order valence-electron chi connectivity index (χ2n) is 9.47. The van der Waals surface area contributed by atoms with E-state index in [-0.39, 0.29) is 6.04 Å². The molecular weight excluding hydrogens is 404 g/mol. The maximum atomic E-state index is 4.72. The van der Waals surface area contributed by atoms with Gasteiger partial charge in [0.05, 0.1) is 30.3 Å². The van der Waals surface area contributed by atoms with Gasteiger partial charge in [0.2, 0.25) is 0 Å². The molecule has 1 aromatic heterocycles. The highest BCUT2D eigenvalue weighted by Crippen LogP contribution is 2.30. The quantitative estimate of drug-likeness (QED) is 0.338. The summed E-state index contributed by atoms with van der Waals surface area (Å²) in [6.07, 6.45) is 3.05. The lowest BCUT2D eigenvalue weighted by atomic mass is 9.97. The van der Waals surface area contributed by atoms with Crippen molar-refractivity contribution in [3.63, 3.8) is 0 Å². The van der Waals surface area contributed by atoms with Crippen molar-refractivity contribution in [3.05, 3.63) is 78.2 Å². The lowest BCUT2D eigenvalue weighted by Gasteiger charge is -2.15. The number of hydrogen-bond donors (Lipinski definition) is 2. The minimum absolute atomic E-state index is 0.289. The number of benzene rings is 3. The Morgan fingerprint density at radius 1 is 0.879 bits per heavy atom. The van der Waals surface area contributed by atoms with E-state index in [0.29, 0.717) is 11.8 Å². The lowest BCUT2D eigenvalue weighted by molar-refractivity contribution is 0.668. The third-order valence-corrected chi connectivity index (χ3v) is 6.79. The number of fused-ring (bicyclic) bond motifs is 1. The third kappa shape index (κ3) is 4.30. The van der Waals surface area contributed by atoms with Crippen molar-refractivity contribution in [1.29, 1.82) is 0 Å². The normalized spacial score (nSPS) is 16.8. The van der Waals surface area contributed by atoms with Gasteiger partial charge in [-0.2, -0.15) is 0 Å². The van der Waals surface area contributed by atoms with E-state index in [4.69, 9.17) is 4.99 Å². The molecule has 5 rings (SSSR count). The van der Waals surface area contributed by atoms with Crippen LogP contribution in [-0.4, -0.2) is 22.3 Å². The summed E-state index contributed by atoms with van der Waals surface area (Å²) in [5, 5.41) is 6.09. The Kier molecular flexibility index (Phi) is 5.76. The smallest absolute Gasteiger partial charge is 0.109 e. The number of hydrogen-bond acceptors (Lipinski definition) is 3. The Balaban J connectivity index is 1.34. The van der Waals surface area contributed by atoms with E-state index in [1.54, 1.807) is 0 Å². The van der Waals surface area contributed by atoms with Crippen molar-refractivity contribution in [2.75, 3.05) is 6.54 Å². The van der Waals surface area contributed by atoms with Crippen molar-refractivity contribution < 1.29 is 0 Å². The number of aromatic amines is 1. The van der Waals surface area contributed by atoms with Crippen LogP contribution in [0.4, 0.5) is 0 Å². The van der Waals surface area contributed by atoms with Crippen molar-refractivity contribution in [2.45, 2.75) is 46.1 Å². The first-order valence-electron chi connectivity index (χ1n) is 12.0. The van der Waals surface area contributed by atoms with Crippen LogP contribution in [0.1, 0.15) is 57.5 Å². The summed E-state index contributed by atoms with van der Waals surface area (Å²) in [5.41, 5.74) is 6.01. The number of amidine groups is 1. The van der Waals surface area contributed by atoms with Gasteiger partial charge in [-0.15, -0.1) is 0 Å². The van der Waals surface area contributed by atoms with Crippen LogP contribution in [0.2, 0.25) is 0 Å². The number of imidazole rings is 1. The van der Waals surface area contributed by atoms with Crippen molar-refractivity contribution >= 4 is 16.6 Å². The Morgan fingerprint density at radius 3 is 2.21 bits per heavy atom. The maximum absolute atomic E-state index is 4.72. The molecule has 1 aliphatic rings. The van der Waals surface area contributed by atoms with Crippen molar-refractivity contribution in [2.24, 2.45) is 10.9 Å². The van der Waals surface area contributed by atoms with Gasteiger partial charge in [-0.3, -0.25) is 4.99 Å². The molecule has 0 bridgehead atoms. The lowest BCUT2D eigenvalue weighted by Crippen LogP contribution is -2.27. The van der Waals surface area contributed by atoms with Crippen LogP contribution in [0.3, 0.4) is 0 Å². The van der Waals surface area contributed by atoms with Gasteiger partial charge in [0.1, 0.15) is 5.82 Å². The van der Waals surface area contributed by atoms with Gasteiger partial charge < -0.3 is 10.3 Å². The molecule has 2 unspecified atom stereocenters. The Bertz CT molecular complexity index is 1300. The fourth-order valence-electron chi connectivity index (χ4n) is 4.42. The number of H-pyrrole nitrogens is 1. The molecule has 3 aromatic carbocycles. The van der Waals surface area contributed by atoms with Crippen LogP contribution < -0.4 is 5.32 Å². The first-order chi connectivity index (χ1) is 16.0. The highest BCUT2D eigenvalue weighted by Gasteiger charge is 2.21. The second-order valence-corrected chi connectivity index (χ2v) is 9.47. The molecule has 0 fully saturated rings. The summed E-state index contributed by atoms with van der Waals surface area (Å²) in [5.74, 6) is 3.07. The van der Waals surface area contributed by atoms with Crippen LogP contribution in [0.5, 0.6) is 0 Å². The Labute approximate surface area is 196 Å². The summed E-state index contributed by atoms with van der Waals surface area (Å²) >= 11 is 0. The molecule has 2 N–H and O–H groups in total. The highest BCUT2D eigenvalue weighted by atomic mass is 15.1. The van der Waals surface area contributed by atoms with Crippen LogP contribution >= 0.6 is 0 Å². The zero-order chi connectivity index (χ0) is 22.9. The summed E-state index contributed by atoms with van der Waals surface area (Å²) in [6, 6.07) is 22.5. The summed E-state index contributed by atoms with van der Waals surface area (Å²) in [6.45, 7) is 9.57. The molecule has 0 saturated carbocycles. The summed E-state index contributed by atoms with van der Waals surface area (Å²) in [7, 11) is 0. The van der Waals surface area contributed by atoms with Gasteiger partial charge in [0.25, 0.3) is 0 Å². The Morgan fingerprint density at radius 2 is 1.55 bits per heavy atom. The molecule has 0 aliphatic carbocycles. The average Bonchev–Trinajstić information content (AvgIpc) is 3.54. The van der Waals surface area contributed by atoms with E-state index in [1.165, 1.54) is 33.0 Å². The van der Waals surface area contributed by atoms with Gasteiger partial charge in [-0.05, 0) is 46.0 Å². The van der Waals surface area contributed by atoms with E-state index in [0.717, 1.165) is 30.3 Å². The topological polar surface area (TPSA) is 53.1 Å². The van der Waals surface area contributed by atoms with E-state index in [2.05, 4.69) is 104 Å². The minimum atomic E-state index is 0.289. The SMILES string of the molecule is CCC(C)C1=NCC(c2ccc(-c3ccc4cc(-c5cnc(C(C)C)[nH]5)ccc4c3)cc2)N1. The first kappa shape index (κ1) is 21.4. The van der Waals surface area contributed by atoms with E-state index in [1.807, 2.05) is 6.20 Å². The van der Waals surface area contributed by atoms with Crippen molar-refractivity contribution in [3.8, 4) is 22.4 Å². The molecule has 2 atom stereocenters. The zero-order valence-corrected chi connectivity index (χ0v) is 19.9. The number of rotatable bonds is 6. The summed E-state index contributed by atoms with van der Waals surface area (Å²) in [4.78, 5) is 12.7. The molecule has 0 amide bonds. The van der Waals surface area contributed by atoms with Gasteiger partial charge >= 0.3 is 0 Å². The third-order valence-electron chi connectivity index (χ3n) is 6.79. The molecule has 0 saturated heterocycles. The predicted octanol–water partition coefficient (Wildman–Crippen LogP) is 7.11. The molecule has 2 heterocycles. The molecule has 4 heteroatoms. The molecule has 1 aliphatic heterocycles. The van der Waals surface area contributed by atoms with Crippen molar-refractivity contribution in [1.82, 2.24) is 15.3 Å². The molecule has 33 heavy (non-hydrogen) atoms. The fourth-order valence-corrected chi connectivity index (χ4v) is 4.42. The van der Waals surface area contributed by atoms with Crippen LogP contribution in [-0.2, 0) is 0 Å². The number of nitrogens with zero attached hydrogens (tertiary/aromatic N) is 2. The van der Waals surface area contributed by atoms with Crippen LogP contribution in [0.15, 0.2) is 71.9 Å². The maximum Gasteiger partial charge on any atom is 0.109 e. The standard InChI is InChI=1S/C29H32N4/c1-5-19(4)29-31-16-26(33-29)21-8-6-20(7-9-21)22-10-11-24-15-25(13-12-23(24)14-22)27-17-30-28(32-27)18(2)3/h6-15,17-19,26H,5,16H2,1-4H3,(H,30,32)(H,31,33). The number of nitrogens with one attached hydrogen (secondary N) is 2. The van der Waals surface area contributed by atoms with Crippen LogP contribution in [0, 0.1) is 5.92 Å². The molecule has 168 valence electrons.